The Balaban J connectivity index is 1.77. The Labute approximate surface area is 82.5 Å². The van der Waals surface area contributed by atoms with Crippen LogP contribution in [0, 0.1) is 12.8 Å². The summed E-state index contributed by atoms with van der Waals surface area (Å²) in [6.07, 6.45) is 2.74. The van der Waals surface area contributed by atoms with Crippen LogP contribution in [0.4, 0.5) is 6.01 Å². The van der Waals surface area contributed by atoms with Gasteiger partial charge in [-0.3, -0.25) is 0 Å². The SMILES string of the molecule is Cc1nnc(NCC2CCC(O)C2)o1. The monoisotopic (exact) mass is 197 g/mol. The van der Waals surface area contributed by atoms with Crippen LogP contribution in [0.5, 0.6) is 0 Å². The molecule has 78 valence electrons. The van der Waals surface area contributed by atoms with E-state index in [9.17, 15) is 5.11 Å². The lowest BCUT2D eigenvalue weighted by atomic mass is 10.1. The Morgan fingerprint density at radius 1 is 1.50 bits per heavy atom. The van der Waals surface area contributed by atoms with E-state index in [0.717, 1.165) is 25.8 Å². The van der Waals surface area contributed by atoms with E-state index >= 15 is 0 Å². The Kier molecular flexibility index (Phi) is 2.67. The fourth-order valence-corrected chi connectivity index (χ4v) is 1.83. The molecule has 5 nitrogen and oxygen atoms in total. The topological polar surface area (TPSA) is 71.2 Å². The Bertz CT molecular complexity index is 300. The molecule has 2 unspecified atom stereocenters. The maximum absolute atomic E-state index is 9.32. The molecule has 14 heavy (non-hydrogen) atoms. The van der Waals surface area contributed by atoms with E-state index in [1.165, 1.54) is 0 Å². The number of aryl methyl sites for hydroxylation is 1. The first-order valence-corrected chi connectivity index (χ1v) is 4.96. The molecule has 0 saturated heterocycles. The van der Waals surface area contributed by atoms with E-state index in [-0.39, 0.29) is 6.10 Å². The molecule has 0 amide bonds. The molecule has 1 aromatic rings. The zero-order valence-electron chi connectivity index (χ0n) is 8.23. The normalized spacial score (nSPS) is 26.7. The number of aliphatic hydroxyl groups excluding tert-OH is 1. The maximum Gasteiger partial charge on any atom is 0.315 e. The molecule has 1 aliphatic carbocycles. The standard InChI is InChI=1S/C9H15N3O2/c1-6-11-12-9(14-6)10-5-7-2-3-8(13)4-7/h7-8,13H,2-5H2,1H3,(H,10,12). The van der Waals surface area contributed by atoms with Crippen LogP contribution in [0.2, 0.25) is 0 Å². The minimum atomic E-state index is -0.119. The summed E-state index contributed by atoms with van der Waals surface area (Å²) in [6.45, 7) is 2.57. The van der Waals surface area contributed by atoms with Crippen molar-refractivity contribution in [3.8, 4) is 0 Å². The Hall–Kier alpha value is -1.10. The molecule has 1 aliphatic rings. The van der Waals surface area contributed by atoms with E-state index in [4.69, 9.17) is 4.42 Å². The molecule has 1 fully saturated rings. The van der Waals surface area contributed by atoms with E-state index in [0.29, 0.717) is 17.8 Å². The summed E-state index contributed by atoms with van der Waals surface area (Å²) < 4.78 is 5.17. The molecule has 1 heterocycles. The summed E-state index contributed by atoms with van der Waals surface area (Å²) in [5.41, 5.74) is 0. The molecule has 1 saturated carbocycles. The number of nitrogens with one attached hydrogen (secondary N) is 1. The molecule has 1 aromatic heterocycles. The van der Waals surface area contributed by atoms with Gasteiger partial charge < -0.3 is 14.8 Å². The number of hydrogen-bond acceptors (Lipinski definition) is 5. The number of nitrogens with zero attached hydrogens (tertiary/aromatic N) is 2. The van der Waals surface area contributed by atoms with Gasteiger partial charge in [-0.1, -0.05) is 5.10 Å². The van der Waals surface area contributed by atoms with Gasteiger partial charge in [0.2, 0.25) is 5.89 Å². The van der Waals surface area contributed by atoms with Crippen LogP contribution >= 0.6 is 0 Å². The molecular formula is C9H15N3O2. The first-order chi connectivity index (χ1) is 6.74. The van der Waals surface area contributed by atoms with Crippen LogP contribution in [0.1, 0.15) is 25.2 Å². The highest BCUT2D eigenvalue weighted by molar-refractivity contribution is 5.16. The quantitative estimate of drug-likeness (QED) is 0.755. The van der Waals surface area contributed by atoms with Crippen molar-refractivity contribution >= 4 is 6.01 Å². The van der Waals surface area contributed by atoms with Crippen LogP contribution < -0.4 is 5.32 Å². The van der Waals surface area contributed by atoms with E-state index < -0.39 is 0 Å². The van der Waals surface area contributed by atoms with Gasteiger partial charge in [0.15, 0.2) is 0 Å². The summed E-state index contributed by atoms with van der Waals surface area (Å²) >= 11 is 0. The highest BCUT2D eigenvalue weighted by atomic mass is 16.4. The largest absolute Gasteiger partial charge is 0.408 e. The van der Waals surface area contributed by atoms with E-state index in [1.807, 2.05) is 0 Å². The second-order valence-electron chi connectivity index (χ2n) is 3.84. The lowest BCUT2D eigenvalue weighted by Crippen LogP contribution is -2.12. The molecular weight excluding hydrogens is 182 g/mol. The van der Waals surface area contributed by atoms with Gasteiger partial charge in [-0.15, -0.1) is 5.10 Å². The smallest absolute Gasteiger partial charge is 0.315 e. The summed E-state index contributed by atoms with van der Waals surface area (Å²) in [5.74, 6) is 1.09. The molecule has 5 heteroatoms. The molecule has 2 N–H and O–H groups in total. The van der Waals surface area contributed by atoms with Crippen LogP contribution in [-0.2, 0) is 0 Å². The van der Waals surface area contributed by atoms with Crippen molar-refractivity contribution in [3.63, 3.8) is 0 Å². The predicted octanol–water partition coefficient (Wildman–Crippen LogP) is 0.951. The highest BCUT2D eigenvalue weighted by Gasteiger charge is 2.22. The Morgan fingerprint density at radius 3 is 2.93 bits per heavy atom. The van der Waals surface area contributed by atoms with E-state index in [1.54, 1.807) is 6.92 Å². The van der Waals surface area contributed by atoms with Gasteiger partial charge >= 0.3 is 6.01 Å². The zero-order valence-corrected chi connectivity index (χ0v) is 8.23. The van der Waals surface area contributed by atoms with Gasteiger partial charge in [-0.2, -0.15) is 0 Å². The molecule has 0 aromatic carbocycles. The lowest BCUT2D eigenvalue weighted by molar-refractivity contribution is 0.178. The fraction of sp³-hybridized carbons (Fsp3) is 0.778. The first kappa shape index (κ1) is 9.45. The number of aromatic nitrogens is 2. The van der Waals surface area contributed by atoms with Gasteiger partial charge in [0.25, 0.3) is 0 Å². The molecule has 0 aliphatic heterocycles. The first-order valence-electron chi connectivity index (χ1n) is 4.96. The number of anilines is 1. The average molecular weight is 197 g/mol. The molecule has 2 atom stereocenters. The average Bonchev–Trinajstić information content (AvgIpc) is 2.72. The second-order valence-corrected chi connectivity index (χ2v) is 3.84. The van der Waals surface area contributed by atoms with Crippen LogP contribution in [0.3, 0.4) is 0 Å². The van der Waals surface area contributed by atoms with Crippen LogP contribution in [0.25, 0.3) is 0 Å². The number of hydrogen-bond donors (Lipinski definition) is 2. The number of aliphatic hydroxyl groups is 1. The van der Waals surface area contributed by atoms with Crippen molar-refractivity contribution in [2.45, 2.75) is 32.3 Å². The van der Waals surface area contributed by atoms with Crippen LogP contribution in [0.15, 0.2) is 4.42 Å². The third-order valence-electron chi connectivity index (χ3n) is 2.58. The van der Waals surface area contributed by atoms with E-state index in [2.05, 4.69) is 15.5 Å². The molecule has 0 spiro atoms. The molecule has 2 rings (SSSR count). The minimum absolute atomic E-state index is 0.119. The van der Waals surface area contributed by atoms with Crippen molar-refractivity contribution in [1.82, 2.24) is 10.2 Å². The van der Waals surface area contributed by atoms with Gasteiger partial charge in [-0.05, 0) is 25.2 Å². The Morgan fingerprint density at radius 2 is 2.36 bits per heavy atom. The maximum atomic E-state index is 9.32. The van der Waals surface area contributed by atoms with Crippen LogP contribution in [-0.4, -0.2) is 28.0 Å². The summed E-state index contributed by atoms with van der Waals surface area (Å²) in [7, 11) is 0. The molecule has 0 bridgehead atoms. The van der Waals surface area contributed by atoms with Crippen molar-refractivity contribution < 1.29 is 9.52 Å². The third-order valence-corrected chi connectivity index (χ3v) is 2.58. The zero-order chi connectivity index (χ0) is 9.97. The van der Waals surface area contributed by atoms with Gasteiger partial charge in [0.1, 0.15) is 0 Å². The van der Waals surface area contributed by atoms with Gasteiger partial charge in [-0.25, -0.2) is 0 Å². The summed E-state index contributed by atoms with van der Waals surface area (Å²) in [4.78, 5) is 0. The van der Waals surface area contributed by atoms with Crippen molar-refractivity contribution in [3.05, 3.63) is 5.89 Å². The number of rotatable bonds is 3. The van der Waals surface area contributed by atoms with Crippen molar-refractivity contribution in [2.75, 3.05) is 11.9 Å². The van der Waals surface area contributed by atoms with Crippen molar-refractivity contribution in [2.24, 2.45) is 5.92 Å². The lowest BCUT2D eigenvalue weighted by Gasteiger charge is -2.08. The predicted molar refractivity (Wildman–Crippen MR) is 50.9 cm³/mol. The van der Waals surface area contributed by atoms with Gasteiger partial charge in [0.05, 0.1) is 6.10 Å². The third kappa shape index (κ3) is 2.23. The second kappa shape index (κ2) is 3.96. The van der Waals surface area contributed by atoms with Crippen molar-refractivity contribution in [1.29, 1.82) is 0 Å². The highest BCUT2D eigenvalue weighted by Crippen LogP contribution is 2.25. The fourth-order valence-electron chi connectivity index (χ4n) is 1.83. The summed E-state index contributed by atoms with van der Waals surface area (Å²) in [5, 5.41) is 20.0. The minimum Gasteiger partial charge on any atom is -0.408 e. The summed E-state index contributed by atoms with van der Waals surface area (Å²) in [6, 6.07) is 0.476. The molecule has 0 radical (unpaired) electrons. The van der Waals surface area contributed by atoms with Gasteiger partial charge in [0, 0.05) is 13.5 Å².